The van der Waals surface area contributed by atoms with Gasteiger partial charge >= 0.3 is 0 Å². The molecule has 0 aliphatic carbocycles. The van der Waals surface area contributed by atoms with Gasteiger partial charge in [-0.25, -0.2) is 4.99 Å². The summed E-state index contributed by atoms with van der Waals surface area (Å²) in [6, 6.07) is 0. The van der Waals surface area contributed by atoms with Gasteiger partial charge in [0.15, 0.2) is 0 Å². The van der Waals surface area contributed by atoms with Gasteiger partial charge in [-0.2, -0.15) is 0 Å². The third-order valence-corrected chi connectivity index (χ3v) is 1.81. The van der Waals surface area contributed by atoms with Gasteiger partial charge < -0.3 is 5.32 Å². The first-order valence-electron chi connectivity index (χ1n) is 5.29. The summed E-state index contributed by atoms with van der Waals surface area (Å²) in [7, 11) is 1.74. The Bertz CT molecular complexity index is 273. The molecule has 0 saturated heterocycles. The van der Waals surface area contributed by atoms with Crippen LogP contribution in [0.15, 0.2) is 33.8 Å². The number of guanidine groups is 1. The highest BCUT2D eigenvalue weighted by Crippen LogP contribution is 1.94. The zero-order chi connectivity index (χ0) is 11.5. The van der Waals surface area contributed by atoms with E-state index in [0.717, 1.165) is 13.0 Å². The fourth-order valence-corrected chi connectivity index (χ4v) is 1.01. The summed E-state index contributed by atoms with van der Waals surface area (Å²) in [6.45, 7) is 6.84. The first-order valence-corrected chi connectivity index (χ1v) is 5.29. The van der Waals surface area contributed by atoms with Crippen molar-refractivity contribution in [2.45, 2.75) is 27.2 Å². The summed E-state index contributed by atoms with van der Waals surface area (Å²) in [5.41, 5.74) is 1.23. The lowest BCUT2D eigenvalue weighted by molar-refractivity contribution is 0.982. The fraction of sp³-hybridized carbons (Fsp3) is 0.500. The van der Waals surface area contributed by atoms with E-state index < -0.39 is 0 Å². The van der Waals surface area contributed by atoms with Gasteiger partial charge in [0, 0.05) is 19.8 Å². The minimum atomic E-state index is 0.681. The number of allylic oxidation sites excluding steroid dienone is 2. The molecule has 1 N–H and O–H groups in total. The average molecular weight is 207 g/mol. The maximum absolute atomic E-state index is 4.19. The summed E-state index contributed by atoms with van der Waals surface area (Å²) in [4.78, 5) is 8.24. The molecular formula is C12H21N3. The van der Waals surface area contributed by atoms with Gasteiger partial charge in [0.2, 0.25) is 5.96 Å². The molecule has 0 spiro atoms. The average Bonchev–Trinajstić information content (AvgIpc) is 2.27. The minimum absolute atomic E-state index is 0.681. The molecule has 0 heterocycles. The topological polar surface area (TPSA) is 36.8 Å². The van der Waals surface area contributed by atoms with Crippen molar-refractivity contribution < 1.29 is 0 Å². The van der Waals surface area contributed by atoms with Crippen molar-refractivity contribution in [3.8, 4) is 0 Å². The zero-order valence-electron chi connectivity index (χ0n) is 10.1. The summed E-state index contributed by atoms with van der Waals surface area (Å²) in [5, 5.41) is 3.17. The van der Waals surface area contributed by atoms with Gasteiger partial charge in [0.05, 0.1) is 0 Å². The molecule has 0 radical (unpaired) electrons. The molecule has 15 heavy (non-hydrogen) atoms. The Morgan fingerprint density at radius 1 is 1.33 bits per heavy atom. The molecule has 0 rings (SSSR count). The van der Waals surface area contributed by atoms with E-state index in [1.54, 1.807) is 7.05 Å². The molecule has 0 aromatic rings. The van der Waals surface area contributed by atoms with Crippen molar-refractivity contribution in [2.24, 2.45) is 9.98 Å². The summed E-state index contributed by atoms with van der Waals surface area (Å²) in [6.07, 6.45) is 8.94. The highest BCUT2D eigenvalue weighted by atomic mass is 15.1. The van der Waals surface area contributed by atoms with Gasteiger partial charge in [0.1, 0.15) is 0 Å². The lowest BCUT2D eigenvalue weighted by atomic mass is 10.2. The van der Waals surface area contributed by atoms with Gasteiger partial charge in [0.25, 0.3) is 0 Å². The number of hydrogen-bond donors (Lipinski definition) is 1. The molecule has 84 valence electrons. The van der Waals surface area contributed by atoms with Crippen LogP contribution < -0.4 is 5.32 Å². The van der Waals surface area contributed by atoms with Crippen LogP contribution >= 0.6 is 0 Å². The smallest absolute Gasteiger partial charge is 0.217 e. The molecule has 0 bridgehead atoms. The van der Waals surface area contributed by atoms with Crippen LogP contribution in [0, 0.1) is 0 Å². The zero-order valence-corrected chi connectivity index (χ0v) is 10.1. The Morgan fingerprint density at radius 2 is 2.07 bits per heavy atom. The van der Waals surface area contributed by atoms with Crippen LogP contribution in [0.3, 0.4) is 0 Å². The lowest BCUT2D eigenvalue weighted by Gasteiger charge is -2.05. The Labute approximate surface area is 92.7 Å². The van der Waals surface area contributed by atoms with E-state index in [1.807, 2.05) is 33.1 Å². The van der Waals surface area contributed by atoms with Crippen molar-refractivity contribution in [1.29, 1.82) is 0 Å². The number of nitrogens with one attached hydrogen (secondary N) is 1. The van der Waals surface area contributed by atoms with E-state index in [0.29, 0.717) is 5.96 Å². The Morgan fingerprint density at radius 3 is 2.53 bits per heavy atom. The molecule has 0 fully saturated rings. The monoisotopic (exact) mass is 207 g/mol. The second-order valence-corrected chi connectivity index (χ2v) is 2.98. The third kappa shape index (κ3) is 6.66. The Balaban J connectivity index is 4.17. The quantitative estimate of drug-likeness (QED) is 0.429. The largest absolute Gasteiger partial charge is 0.350 e. The molecule has 0 aromatic heterocycles. The highest BCUT2D eigenvalue weighted by molar-refractivity contribution is 5.87. The molecule has 0 aromatic carbocycles. The first-order chi connectivity index (χ1) is 7.28. The molecule has 0 unspecified atom stereocenters. The van der Waals surface area contributed by atoms with Crippen molar-refractivity contribution in [2.75, 3.05) is 13.6 Å². The fourth-order valence-electron chi connectivity index (χ4n) is 1.01. The van der Waals surface area contributed by atoms with E-state index >= 15 is 0 Å². The van der Waals surface area contributed by atoms with E-state index in [9.17, 15) is 0 Å². The van der Waals surface area contributed by atoms with Crippen LogP contribution in [-0.2, 0) is 0 Å². The predicted octanol–water partition coefficient (Wildman–Crippen LogP) is 2.57. The van der Waals surface area contributed by atoms with Crippen LogP contribution in [0.2, 0.25) is 0 Å². The molecule has 0 aliphatic rings. The van der Waals surface area contributed by atoms with E-state index in [-0.39, 0.29) is 0 Å². The molecule has 3 nitrogen and oxygen atoms in total. The molecule has 0 atom stereocenters. The minimum Gasteiger partial charge on any atom is -0.350 e. The van der Waals surface area contributed by atoms with Crippen LogP contribution in [0.1, 0.15) is 27.2 Å². The third-order valence-electron chi connectivity index (χ3n) is 1.81. The summed E-state index contributed by atoms with van der Waals surface area (Å²) < 4.78 is 0. The van der Waals surface area contributed by atoms with Crippen molar-refractivity contribution in [3.05, 3.63) is 23.8 Å². The molecule has 0 amide bonds. The van der Waals surface area contributed by atoms with Crippen LogP contribution in [-0.4, -0.2) is 25.8 Å². The first kappa shape index (κ1) is 13.6. The van der Waals surface area contributed by atoms with E-state index in [4.69, 9.17) is 0 Å². The summed E-state index contributed by atoms with van der Waals surface area (Å²) >= 11 is 0. The van der Waals surface area contributed by atoms with Crippen LogP contribution in [0.4, 0.5) is 0 Å². The maximum atomic E-state index is 4.19. The Hall–Kier alpha value is -1.38. The van der Waals surface area contributed by atoms with Crippen molar-refractivity contribution >= 4 is 12.2 Å². The normalized spacial score (nSPS) is 14.1. The Kier molecular flexibility index (Phi) is 8.34. The maximum Gasteiger partial charge on any atom is 0.217 e. The summed E-state index contributed by atoms with van der Waals surface area (Å²) in [5.74, 6) is 0.681. The van der Waals surface area contributed by atoms with Crippen molar-refractivity contribution in [1.82, 2.24) is 5.32 Å². The van der Waals surface area contributed by atoms with Gasteiger partial charge in [-0.15, -0.1) is 0 Å². The second kappa shape index (κ2) is 9.19. The van der Waals surface area contributed by atoms with E-state index in [2.05, 4.69) is 27.5 Å². The van der Waals surface area contributed by atoms with Crippen LogP contribution in [0.25, 0.3) is 0 Å². The van der Waals surface area contributed by atoms with E-state index in [1.165, 1.54) is 5.57 Å². The second-order valence-electron chi connectivity index (χ2n) is 2.98. The molecule has 0 saturated carbocycles. The number of rotatable bonds is 4. The number of nitrogens with zero attached hydrogens (tertiary/aromatic N) is 2. The highest BCUT2D eigenvalue weighted by Gasteiger charge is 1.94. The van der Waals surface area contributed by atoms with Crippen molar-refractivity contribution in [3.63, 3.8) is 0 Å². The van der Waals surface area contributed by atoms with Crippen LogP contribution in [0.5, 0.6) is 0 Å². The van der Waals surface area contributed by atoms with Gasteiger partial charge in [-0.05, 0) is 25.8 Å². The number of aliphatic imine (C=N–C) groups is 2. The lowest BCUT2D eigenvalue weighted by Crippen LogP contribution is -2.23. The molecule has 0 aliphatic heterocycles. The molecular weight excluding hydrogens is 186 g/mol. The molecule has 3 heteroatoms. The van der Waals surface area contributed by atoms with Gasteiger partial charge in [-0.3, -0.25) is 4.99 Å². The number of hydrogen-bond acceptors (Lipinski definition) is 1. The predicted molar refractivity (Wildman–Crippen MR) is 68.7 cm³/mol. The SMILES string of the molecule is C/C=C\C(=C/C)CNC(/N=C\CC)=N/C. The van der Waals surface area contributed by atoms with Gasteiger partial charge in [-0.1, -0.05) is 25.2 Å². The standard InChI is InChI=1S/C12H21N3/c1-5-8-11(7-3)10-15-12(13-4)14-9-6-2/h5,7-9H,6,10H2,1-4H3,(H,13,15)/b8-5-,11-7+,14-9-.